The van der Waals surface area contributed by atoms with E-state index in [1.54, 1.807) is 18.2 Å². The largest absolute Gasteiger partial charge is 0.324 e. The molecule has 0 fully saturated rings. The van der Waals surface area contributed by atoms with Crippen LogP contribution in [0.15, 0.2) is 36.4 Å². The van der Waals surface area contributed by atoms with Gasteiger partial charge in [0.25, 0.3) is 0 Å². The maximum atomic E-state index is 13.4. The smallest absolute Gasteiger partial charge is 0.127 e. The lowest BCUT2D eigenvalue weighted by Gasteiger charge is -2.11. The molecule has 1 aromatic heterocycles. The standard InChI is InChI=1S/C12H11ClFNS/c13-12-6-5-8(16-12)7-11(15)9-3-1-2-4-10(9)14/h1-6,11H,7,15H2. The molecule has 0 amide bonds. The first kappa shape index (κ1) is 11.6. The van der Waals surface area contributed by atoms with Crippen LogP contribution in [0.5, 0.6) is 0 Å². The van der Waals surface area contributed by atoms with Gasteiger partial charge < -0.3 is 5.73 Å². The Bertz CT molecular complexity index is 483. The van der Waals surface area contributed by atoms with Crippen molar-refractivity contribution in [3.63, 3.8) is 0 Å². The van der Waals surface area contributed by atoms with Gasteiger partial charge in [-0.1, -0.05) is 29.8 Å². The lowest BCUT2D eigenvalue weighted by molar-refractivity contribution is 0.581. The molecule has 0 aliphatic heterocycles. The molecule has 2 N–H and O–H groups in total. The molecule has 0 bridgehead atoms. The van der Waals surface area contributed by atoms with Crippen LogP contribution in [0.1, 0.15) is 16.5 Å². The van der Waals surface area contributed by atoms with Gasteiger partial charge in [-0.05, 0) is 18.2 Å². The third-order valence-electron chi connectivity index (χ3n) is 2.35. The van der Waals surface area contributed by atoms with Gasteiger partial charge in [0.2, 0.25) is 0 Å². The molecule has 1 atom stereocenters. The highest BCUT2D eigenvalue weighted by Gasteiger charge is 2.12. The van der Waals surface area contributed by atoms with Crippen LogP contribution in [0, 0.1) is 5.82 Å². The van der Waals surface area contributed by atoms with Crippen molar-refractivity contribution in [2.75, 3.05) is 0 Å². The molecule has 2 aromatic rings. The maximum Gasteiger partial charge on any atom is 0.127 e. The summed E-state index contributed by atoms with van der Waals surface area (Å²) in [6.45, 7) is 0. The normalized spacial score (nSPS) is 12.7. The summed E-state index contributed by atoms with van der Waals surface area (Å²) in [6, 6.07) is 10.0. The average Bonchev–Trinajstić information content (AvgIpc) is 2.64. The van der Waals surface area contributed by atoms with Crippen LogP contribution in [0.4, 0.5) is 4.39 Å². The molecule has 16 heavy (non-hydrogen) atoms. The number of hydrogen-bond acceptors (Lipinski definition) is 2. The van der Waals surface area contributed by atoms with Gasteiger partial charge in [-0.3, -0.25) is 0 Å². The van der Waals surface area contributed by atoms with E-state index < -0.39 is 0 Å². The number of nitrogens with two attached hydrogens (primary N) is 1. The monoisotopic (exact) mass is 255 g/mol. The van der Waals surface area contributed by atoms with Gasteiger partial charge >= 0.3 is 0 Å². The third-order valence-corrected chi connectivity index (χ3v) is 3.61. The van der Waals surface area contributed by atoms with Crippen molar-refractivity contribution in [3.8, 4) is 0 Å². The Morgan fingerprint density at radius 1 is 1.25 bits per heavy atom. The molecule has 84 valence electrons. The zero-order valence-corrected chi connectivity index (χ0v) is 10.1. The Morgan fingerprint density at radius 2 is 2.00 bits per heavy atom. The van der Waals surface area contributed by atoms with E-state index in [0.29, 0.717) is 12.0 Å². The highest BCUT2D eigenvalue weighted by molar-refractivity contribution is 7.16. The molecule has 1 nitrogen and oxygen atoms in total. The highest BCUT2D eigenvalue weighted by atomic mass is 35.5. The Labute approximate surface area is 103 Å². The van der Waals surface area contributed by atoms with Crippen LogP contribution in [0.3, 0.4) is 0 Å². The molecule has 0 saturated heterocycles. The van der Waals surface area contributed by atoms with Gasteiger partial charge in [0, 0.05) is 22.9 Å². The first-order valence-corrected chi connectivity index (χ1v) is 6.10. The van der Waals surface area contributed by atoms with Crippen molar-refractivity contribution in [1.29, 1.82) is 0 Å². The second-order valence-corrected chi connectivity index (χ2v) is 5.34. The van der Waals surface area contributed by atoms with E-state index in [4.69, 9.17) is 17.3 Å². The lowest BCUT2D eigenvalue weighted by atomic mass is 10.0. The third kappa shape index (κ3) is 2.61. The summed E-state index contributed by atoms with van der Waals surface area (Å²) in [5.74, 6) is -0.252. The van der Waals surface area contributed by atoms with Crippen molar-refractivity contribution < 1.29 is 4.39 Å². The molecule has 0 spiro atoms. The van der Waals surface area contributed by atoms with Crippen LogP contribution >= 0.6 is 22.9 Å². The predicted octanol–water partition coefficient (Wildman–Crippen LogP) is 3.78. The quantitative estimate of drug-likeness (QED) is 0.887. The number of thiophene rings is 1. The average molecular weight is 256 g/mol. The van der Waals surface area contributed by atoms with Crippen LogP contribution in [0.25, 0.3) is 0 Å². The minimum absolute atomic E-state index is 0.252. The fourth-order valence-electron chi connectivity index (χ4n) is 1.56. The number of benzene rings is 1. The van der Waals surface area contributed by atoms with E-state index in [-0.39, 0.29) is 11.9 Å². The molecule has 0 radical (unpaired) electrons. The first-order valence-electron chi connectivity index (χ1n) is 4.91. The summed E-state index contributed by atoms with van der Waals surface area (Å²) in [6.07, 6.45) is 0.609. The molecular formula is C12H11ClFNS. The van der Waals surface area contributed by atoms with Crippen molar-refractivity contribution in [1.82, 2.24) is 0 Å². The molecule has 1 unspecified atom stereocenters. The maximum absolute atomic E-state index is 13.4. The van der Waals surface area contributed by atoms with Gasteiger partial charge in [0.05, 0.1) is 4.34 Å². The minimum atomic E-state index is -0.323. The Morgan fingerprint density at radius 3 is 2.62 bits per heavy atom. The first-order chi connectivity index (χ1) is 7.66. The zero-order chi connectivity index (χ0) is 11.5. The van der Waals surface area contributed by atoms with Crippen molar-refractivity contribution in [2.45, 2.75) is 12.5 Å². The van der Waals surface area contributed by atoms with Gasteiger partial charge in [-0.15, -0.1) is 11.3 Å². The van der Waals surface area contributed by atoms with Crippen molar-refractivity contribution in [2.24, 2.45) is 5.73 Å². The van der Waals surface area contributed by atoms with Gasteiger partial charge in [-0.25, -0.2) is 4.39 Å². The Balaban J connectivity index is 2.14. The molecular weight excluding hydrogens is 245 g/mol. The van der Waals surface area contributed by atoms with E-state index in [0.717, 1.165) is 9.21 Å². The topological polar surface area (TPSA) is 26.0 Å². The van der Waals surface area contributed by atoms with E-state index in [2.05, 4.69) is 0 Å². The van der Waals surface area contributed by atoms with Crippen LogP contribution in [0.2, 0.25) is 4.34 Å². The number of halogens is 2. The second kappa shape index (κ2) is 4.95. The molecule has 4 heteroatoms. The summed E-state index contributed by atoms with van der Waals surface area (Å²) in [5.41, 5.74) is 6.51. The van der Waals surface area contributed by atoms with Gasteiger partial charge in [0.15, 0.2) is 0 Å². The molecule has 0 aliphatic carbocycles. The molecule has 1 aromatic carbocycles. The lowest BCUT2D eigenvalue weighted by Crippen LogP contribution is -2.14. The zero-order valence-electron chi connectivity index (χ0n) is 8.49. The minimum Gasteiger partial charge on any atom is -0.324 e. The Kier molecular flexibility index (Phi) is 3.59. The van der Waals surface area contributed by atoms with E-state index in [1.807, 2.05) is 12.1 Å². The van der Waals surface area contributed by atoms with Gasteiger partial charge in [0.1, 0.15) is 5.82 Å². The fraction of sp³-hybridized carbons (Fsp3) is 0.167. The summed E-state index contributed by atoms with van der Waals surface area (Å²) in [7, 11) is 0. The van der Waals surface area contributed by atoms with Crippen LogP contribution in [-0.4, -0.2) is 0 Å². The number of rotatable bonds is 3. The van der Waals surface area contributed by atoms with E-state index in [1.165, 1.54) is 17.4 Å². The SMILES string of the molecule is NC(Cc1ccc(Cl)s1)c1ccccc1F. The summed E-state index contributed by atoms with van der Waals surface area (Å²) >= 11 is 7.30. The molecule has 0 saturated carbocycles. The van der Waals surface area contributed by atoms with E-state index >= 15 is 0 Å². The summed E-state index contributed by atoms with van der Waals surface area (Å²) in [5, 5.41) is 0. The summed E-state index contributed by atoms with van der Waals surface area (Å²) in [4.78, 5) is 1.07. The van der Waals surface area contributed by atoms with Crippen LogP contribution < -0.4 is 5.73 Å². The fourth-order valence-corrected chi connectivity index (χ4v) is 2.71. The van der Waals surface area contributed by atoms with Crippen molar-refractivity contribution in [3.05, 3.63) is 57.0 Å². The molecule has 2 rings (SSSR count). The van der Waals surface area contributed by atoms with Gasteiger partial charge in [-0.2, -0.15) is 0 Å². The predicted molar refractivity (Wildman–Crippen MR) is 66.4 cm³/mol. The van der Waals surface area contributed by atoms with E-state index in [9.17, 15) is 4.39 Å². The molecule has 0 aliphatic rings. The highest BCUT2D eigenvalue weighted by Crippen LogP contribution is 2.26. The summed E-state index contributed by atoms with van der Waals surface area (Å²) < 4.78 is 14.2. The Hall–Kier alpha value is -0.900. The van der Waals surface area contributed by atoms with Crippen molar-refractivity contribution >= 4 is 22.9 Å². The molecule has 1 heterocycles. The number of hydrogen-bond donors (Lipinski definition) is 1. The van der Waals surface area contributed by atoms with Crippen LogP contribution in [-0.2, 0) is 6.42 Å². The second-order valence-electron chi connectivity index (χ2n) is 3.54.